The Kier molecular flexibility index (Phi) is 5.49. The number of benzene rings is 2. The van der Waals surface area contributed by atoms with Crippen LogP contribution in [-0.4, -0.2) is 54.8 Å². The van der Waals surface area contributed by atoms with Crippen molar-refractivity contribution in [2.45, 2.75) is 23.8 Å². The highest BCUT2D eigenvalue weighted by molar-refractivity contribution is 7.90. The van der Waals surface area contributed by atoms with Crippen LogP contribution in [0.3, 0.4) is 0 Å². The number of carbonyl (C=O) groups excluding carboxylic acids is 3. The second kappa shape index (κ2) is 8.37. The van der Waals surface area contributed by atoms with Crippen molar-refractivity contribution in [2.24, 2.45) is 11.8 Å². The Morgan fingerprint density at radius 1 is 0.941 bits per heavy atom. The van der Waals surface area contributed by atoms with Crippen LogP contribution in [0, 0.1) is 11.8 Å². The van der Waals surface area contributed by atoms with Crippen molar-refractivity contribution in [3.8, 4) is 5.75 Å². The molecule has 3 aliphatic rings. The first-order valence-electron chi connectivity index (χ1n) is 10.9. The molecule has 176 valence electrons. The van der Waals surface area contributed by atoms with Crippen LogP contribution in [0.2, 0.25) is 0 Å². The second-order valence-corrected chi connectivity index (χ2v) is 10.3. The average molecular weight is 483 g/mol. The van der Waals surface area contributed by atoms with Crippen LogP contribution in [0.1, 0.15) is 23.2 Å². The van der Waals surface area contributed by atoms with Gasteiger partial charge in [-0.2, -0.15) is 0 Å². The molecule has 0 bridgehead atoms. The van der Waals surface area contributed by atoms with E-state index < -0.39 is 28.6 Å². The topological polar surface area (TPSA) is 121 Å². The van der Waals surface area contributed by atoms with Crippen LogP contribution >= 0.6 is 0 Å². The van der Waals surface area contributed by atoms with Crippen molar-refractivity contribution in [1.82, 2.24) is 4.31 Å². The van der Waals surface area contributed by atoms with Gasteiger partial charge in [0.05, 0.1) is 29.6 Å². The minimum absolute atomic E-state index is 0.0767. The van der Waals surface area contributed by atoms with Crippen molar-refractivity contribution in [3.63, 3.8) is 0 Å². The zero-order chi connectivity index (χ0) is 24.0. The molecule has 0 unspecified atom stereocenters. The van der Waals surface area contributed by atoms with Gasteiger partial charge in [0.25, 0.3) is 15.9 Å². The van der Waals surface area contributed by atoms with E-state index >= 15 is 0 Å². The van der Waals surface area contributed by atoms with Gasteiger partial charge in [-0.1, -0.05) is 24.3 Å². The number of imide groups is 1. The largest absolute Gasteiger partial charge is 0.491 e. The number of aliphatic hydroxyl groups excluding tert-OH is 1. The first-order valence-corrected chi connectivity index (χ1v) is 12.3. The number of nitrogens with zero attached hydrogens (tertiary/aromatic N) is 2. The number of carbonyl (C=O) groups is 3. The van der Waals surface area contributed by atoms with Crippen LogP contribution in [0.25, 0.3) is 0 Å². The Hall–Kier alpha value is -3.50. The Balaban J connectivity index is 1.21. The van der Waals surface area contributed by atoms with Crippen molar-refractivity contribution in [3.05, 3.63) is 66.2 Å². The molecule has 34 heavy (non-hydrogen) atoms. The number of rotatable bonds is 6. The summed E-state index contributed by atoms with van der Waals surface area (Å²) in [7, 11) is -4.01. The number of fused-ring (bicyclic) bond motifs is 2. The molecule has 3 amide bonds. The highest BCUT2D eigenvalue weighted by Crippen LogP contribution is 2.38. The number of hydrogen-bond donors (Lipinski definition) is 1. The average Bonchev–Trinajstić information content (AvgIpc) is 3.21. The standard InChI is InChI=1S/C24H22N2O7S/c27-16(13-25-22(28)20-7-3-4-8-21(20)34(25,31)32)14-33-17-11-9-15(10-12-17)26-23(29)18-5-1-2-6-19(18)24(26)30/h1-4,7-12,16,18-19,27H,5-6,13-14H2/t16-,18+,19+/m0/s1. The van der Waals surface area contributed by atoms with E-state index in [4.69, 9.17) is 4.74 Å². The molecule has 0 radical (unpaired) electrons. The molecule has 0 saturated carbocycles. The maximum atomic E-state index is 12.7. The molecule has 0 aromatic heterocycles. The van der Waals surface area contributed by atoms with Gasteiger partial charge in [-0.25, -0.2) is 12.7 Å². The fraction of sp³-hybridized carbons (Fsp3) is 0.292. The fourth-order valence-electron chi connectivity index (χ4n) is 4.59. The summed E-state index contributed by atoms with van der Waals surface area (Å²) in [6.45, 7) is -0.700. The van der Waals surface area contributed by atoms with Gasteiger partial charge in [0.1, 0.15) is 23.4 Å². The third-order valence-electron chi connectivity index (χ3n) is 6.33. The predicted molar refractivity (Wildman–Crippen MR) is 120 cm³/mol. The number of β-amino-alcohol motifs (C(OH)–C–C–N with tert-alkyl or cyclic N) is 1. The molecule has 3 atom stereocenters. The second-order valence-electron chi connectivity index (χ2n) is 8.46. The summed E-state index contributed by atoms with van der Waals surface area (Å²) in [5, 5.41) is 10.3. The Bertz CT molecular complexity index is 1280. The van der Waals surface area contributed by atoms with Crippen molar-refractivity contribution >= 4 is 33.4 Å². The summed E-state index contributed by atoms with van der Waals surface area (Å²) in [6.07, 6.45) is 3.72. The van der Waals surface area contributed by atoms with Gasteiger partial charge in [0.2, 0.25) is 11.8 Å². The van der Waals surface area contributed by atoms with Gasteiger partial charge in [0.15, 0.2) is 0 Å². The first kappa shape index (κ1) is 22.3. The van der Waals surface area contributed by atoms with Crippen LogP contribution in [0.15, 0.2) is 65.6 Å². The molecule has 2 heterocycles. The molecule has 9 nitrogen and oxygen atoms in total. The highest BCUT2D eigenvalue weighted by atomic mass is 32.2. The summed E-state index contributed by atoms with van der Waals surface area (Å²) in [6, 6.07) is 12.2. The monoisotopic (exact) mass is 482 g/mol. The molecule has 2 aromatic rings. The summed E-state index contributed by atoms with van der Waals surface area (Å²) in [5.74, 6) is -1.38. The number of anilines is 1. The Morgan fingerprint density at radius 2 is 1.56 bits per heavy atom. The van der Waals surface area contributed by atoms with Gasteiger partial charge in [-0.3, -0.25) is 19.3 Å². The smallest absolute Gasteiger partial charge is 0.269 e. The zero-order valence-electron chi connectivity index (χ0n) is 18.0. The summed E-state index contributed by atoms with van der Waals surface area (Å²) < 4.78 is 31.4. The van der Waals surface area contributed by atoms with Crippen LogP contribution in [0.5, 0.6) is 5.75 Å². The third-order valence-corrected chi connectivity index (χ3v) is 8.14. The van der Waals surface area contributed by atoms with Gasteiger partial charge < -0.3 is 9.84 Å². The van der Waals surface area contributed by atoms with Crippen molar-refractivity contribution < 1.29 is 32.6 Å². The number of hydrogen-bond acceptors (Lipinski definition) is 7. The highest BCUT2D eigenvalue weighted by Gasteiger charge is 2.47. The quantitative estimate of drug-likeness (QED) is 0.492. The van der Waals surface area contributed by atoms with E-state index in [0.29, 0.717) is 28.6 Å². The summed E-state index contributed by atoms with van der Waals surface area (Å²) in [5.41, 5.74) is 0.525. The van der Waals surface area contributed by atoms with Crippen LogP contribution < -0.4 is 9.64 Å². The van der Waals surface area contributed by atoms with E-state index in [2.05, 4.69) is 0 Å². The molecule has 1 aliphatic carbocycles. The molecule has 1 N–H and O–H groups in total. The van der Waals surface area contributed by atoms with Gasteiger partial charge >= 0.3 is 0 Å². The van der Waals surface area contributed by atoms with Crippen molar-refractivity contribution in [1.29, 1.82) is 0 Å². The van der Waals surface area contributed by atoms with Crippen LogP contribution in [0.4, 0.5) is 5.69 Å². The van der Waals surface area contributed by atoms with Gasteiger partial charge in [0, 0.05) is 0 Å². The van der Waals surface area contributed by atoms with E-state index in [1.165, 1.54) is 23.1 Å². The lowest BCUT2D eigenvalue weighted by atomic mass is 9.85. The molecule has 5 rings (SSSR count). The number of ether oxygens (including phenoxy) is 1. The van der Waals surface area contributed by atoms with Gasteiger partial charge in [-0.15, -0.1) is 0 Å². The molecular formula is C24H22N2O7S. The normalized spacial score (nSPS) is 23.7. The summed E-state index contributed by atoms with van der Waals surface area (Å²) in [4.78, 5) is 39.0. The number of allylic oxidation sites excluding steroid dienone is 2. The van der Waals surface area contributed by atoms with E-state index in [-0.39, 0.29) is 40.7 Å². The molecule has 2 aromatic carbocycles. The van der Waals surface area contributed by atoms with E-state index in [9.17, 15) is 27.9 Å². The lowest BCUT2D eigenvalue weighted by Gasteiger charge is -2.20. The molecular weight excluding hydrogens is 460 g/mol. The predicted octanol–water partition coefficient (Wildman–Crippen LogP) is 1.73. The van der Waals surface area contributed by atoms with Crippen molar-refractivity contribution in [2.75, 3.05) is 18.1 Å². The van der Waals surface area contributed by atoms with Crippen LogP contribution in [-0.2, 0) is 19.6 Å². The summed E-state index contributed by atoms with van der Waals surface area (Å²) >= 11 is 0. The number of amides is 3. The van der Waals surface area contributed by atoms with Gasteiger partial charge in [-0.05, 0) is 49.2 Å². The maximum absolute atomic E-state index is 12.7. The molecule has 1 saturated heterocycles. The molecule has 0 spiro atoms. The Labute approximate surface area is 196 Å². The minimum atomic E-state index is -4.01. The zero-order valence-corrected chi connectivity index (χ0v) is 18.8. The number of sulfonamides is 1. The van der Waals surface area contributed by atoms with E-state index in [0.717, 1.165) is 0 Å². The fourth-order valence-corrected chi connectivity index (χ4v) is 6.20. The minimum Gasteiger partial charge on any atom is -0.491 e. The SMILES string of the molecule is O=C1[C@@H]2CC=CC[C@H]2C(=O)N1c1ccc(OC[C@@H](O)CN2C(=O)c3ccccc3S2(=O)=O)cc1. The molecule has 2 aliphatic heterocycles. The maximum Gasteiger partial charge on any atom is 0.269 e. The lowest BCUT2D eigenvalue weighted by molar-refractivity contribution is -0.122. The lowest BCUT2D eigenvalue weighted by Crippen LogP contribution is -2.39. The molecule has 10 heteroatoms. The molecule has 1 fully saturated rings. The van der Waals surface area contributed by atoms with E-state index in [1.807, 2.05) is 12.2 Å². The first-order chi connectivity index (χ1) is 16.3. The Morgan fingerprint density at radius 3 is 2.18 bits per heavy atom. The third kappa shape index (κ3) is 3.59. The van der Waals surface area contributed by atoms with E-state index in [1.54, 1.807) is 30.3 Å². The number of aliphatic hydroxyl groups is 1.